The van der Waals surface area contributed by atoms with Gasteiger partial charge in [-0.3, -0.25) is 0 Å². The SMILES string of the molecule is CC.CC.COCCCOS(c1ccccc1)(c1ccccc1)C(C)(C)C.[B]=O. The Hall–Kier alpha value is -1.43. The first kappa shape index (κ1) is 29.8. The van der Waals surface area contributed by atoms with Crippen LogP contribution in [-0.4, -0.2) is 32.8 Å². The van der Waals surface area contributed by atoms with Gasteiger partial charge in [-0.1, -0.05) is 74.4 Å². The van der Waals surface area contributed by atoms with Crippen molar-refractivity contribution in [3.05, 3.63) is 60.7 Å². The third kappa shape index (κ3) is 8.85. The van der Waals surface area contributed by atoms with E-state index in [1.165, 1.54) is 9.79 Å². The maximum absolute atomic E-state index is 7.75. The number of benzene rings is 2. The molecular formula is C24H40BO3S. The Balaban J connectivity index is 0. The average molecular weight is 419 g/mol. The molecule has 29 heavy (non-hydrogen) atoms. The Kier molecular flexibility index (Phi) is 17.9. The summed E-state index contributed by atoms with van der Waals surface area (Å²) in [7, 11) is 3.38. The van der Waals surface area contributed by atoms with E-state index in [4.69, 9.17) is 13.6 Å². The average Bonchev–Trinajstić information content (AvgIpc) is 2.78. The van der Waals surface area contributed by atoms with Crippen LogP contribution in [0.5, 0.6) is 0 Å². The van der Waals surface area contributed by atoms with Gasteiger partial charge >= 0.3 is 12.4 Å². The molecule has 2 rings (SSSR count). The molecule has 0 atom stereocenters. The fraction of sp³-hybridized carbons (Fsp3) is 0.500. The van der Waals surface area contributed by atoms with Crippen LogP contribution >= 0.6 is 10.3 Å². The molecule has 0 bridgehead atoms. The second-order valence-electron chi connectivity index (χ2n) is 6.46. The van der Waals surface area contributed by atoms with E-state index in [0.717, 1.165) is 13.0 Å². The third-order valence-corrected chi connectivity index (χ3v) is 7.88. The van der Waals surface area contributed by atoms with Crippen LogP contribution in [0.3, 0.4) is 0 Å². The molecule has 3 nitrogen and oxygen atoms in total. The van der Waals surface area contributed by atoms with Crippen molar-refractivity contribution in [2.45, 2.75) is 69.4 Å². The Bertz CT molecular complexity index is 561. The quantitative estimate of drug-likeness (QED) is 0.351. The molecule has 0 fully saturated rings. The molecule has 0 aliphatic rings. The molecule has 0 N–H and O–H groups in total. The predicted molar refractivity (Wildman–Crippen MR) is 128 cm³/mol. The first-order chi connectivity index (χ1) is 14.0. The molecule has 0 unspecified atom stereocenters. The molecule has 0 aliphatic carbocycles. The minimum absolute atomic E-state index is 0.0111. The third-order valence-electron chi connectivity index (χ3n) is 3.77. The normalized spacial score (nSPS) is 10.9. The maximum atomic E-state index is 7.75. The van der Waals surface area contributed by atoms with Crippen LogP contribution in [0.1, 0.15) is 54.9 Å². The summed E-state index contributed by atoms with van der Waals surface area (Å²) in [6, 6.07) is 21.3. The molecule has 2 aromatic rings. The van der Waals surface area contributed by atoms with Gasteiger partial charge in [-0.2, -0.15) is 0 Å². The summed E-state index contributed by atoms with van der Waals surface area (Å²) in [5.74, 6) is 0. The first-order valence-electron chi connectivity index (χ1n) is 10.3. The van der Waals surface area contributed by atoms with Crippen molar-refractivity contribution in [2.75, 3.05) is 20.3 Å². The Labute approximate surface area is 182 Å². The molecule has 0 aromatic heterocycles. The molecule has 5 heteroatoms. The summed E-state index contributed by atoms with van der Waals surface area (Å²) in [5, 5.41) is 0. The summed E-state index contributed by atoms with van der Waals surface area (Å²) in [6.07, 6.45) is 0.904. The van der Waals surface area contributed by atoms with Crippen molar-refractivity contribution in [1.29, 1.82) is 0 Å². The van der Waals surface area contributed by atoms with E-state index in [9.17, 15) is 0 Å². The number of ether oxygens (including phenoxy) is 1. The van der Waals surface area contributed by atoms with Gasteiger partial charge in [-0.05, 0) is 51.5 Å². The van der Waals surface area contributed by atoms with Gasteiger partial charge in [-0.25, -0.2) is 0 Å². The van der Waals surface area contributed by atoms with E-state index in [0.29, 0.717) is 6.61 Å². The molecule has 163 valence electrons. The van der Waals surface area contributed by atoms with Gasteiger partial charge < -0.3 is 8.92 Å². The van der Waals surface area contributed by atoms with Crippen LogP contribution < -0.4 is 0 Å². The van der Waals surface area contributed by atoms with E-state index >= 15 is 0 Å². The molecule has 0 heterocycles. The topological polar surface area (TPSA) is 35.5 Å². The summed E-state index contributed by atoms with van der Waals surface area (Å²) in [4.78, 5) is 2.55. The minimum atomic E-state index is -1.61. The van der Waals surface area contributed by atoms with E-state index in [1.54, 1.807) is 7.11 Å². The molecule has 0 saturated carbocycles. The predicted octanol–water partition coefficient (Wildman–Crippen LogP) is 7.23. The van der Waals surface area contributed by atoms with Crippen molar-refractivity contribution in [1.82, 2.24) is 0 Å². The fourth-order valence-electron chi connectivity index (χ4n) is 2.77. The fourth-order valence-corrected chi connectivity index (χ4v) is 6.53. The molecule has 0 aliphatic heterocycles. The van der Waals surface area contributed by atoms with Crippen LogP contribution in [0.25, 0.3) is 0 Å². The molecule has 0 spiro atoms. The zero-order valence-corrected chi connectivity index (χ0v) is 20.4. The van der Waals surface area contributed by atoms with Crippen molar-refractivity contribution < 1.29 is 13.6 Å². The van der Waals surface area contributed by atoms with Gasteiger partial charge in [0, 0.05) is 28.3 Å². The van der Waals surface area contributed by atoms with E-state index in [2.05, 4.69) is 89.2 Å². The molecule has 0 amide bonds. The summed E-state index contributed by atoms with van der Waals surface area (Å²) < 4.78 is 19.6. The molecule has 2 aromatic carbocycles. The zero-order valence-electron chi connectivity index (χ0n) is 19.6. The Morgan fingerprint density at radius 3 is 1.45 bits per heavy atom. The summed E-state index contributed by atoms with van der Waals surface area (Å²) >= 11 is 0. The van der Waals surface area contributed by atoms with Crippen LogP contribution in [0, 0.1) is 0 Å². The van der Waals surface area contributed by atoms with Crippen LogP contribution in [-0.2, 0) is 13.6 Å². The van der Waals surface area contributed by atoms with Gasteiger partial charge in [0.25, 0.3) is 0 Å². The van der Waals surface area contributed by atoms with Gasteiger partial charge in [0.1, 0.15) is 0 Å². The molecular weight excluding hydrogens is 379 g/mol. The molecule has 0 saturated heterocycles. The van der Waals surface area contributed by atoms with Crippen molar-refractivity contribution in [3.8, 4) is 0 Å². The van der Waals surface area contributed by atoms with Crippen molar-refractivity contribution >= 4 is 18.0 Å². The monoisotopic (exact) mass is 419 g/mol. The Morgan fingerprint density at radius 2 is 1.14 bits per heavy atom. The second kappa shape index (κ2) is 17.4. The van der Waals surface area contributed by atoms with Gasteiger partial charge in [-0.15, -0.1) is 0 Å². The zero-order chi connectivity index (χ0) is 22.8. The van der Waals surface area contributed by atoms with E-state index in [-0.39, 0.29) is 4.75 Å². The summed E-state index contributed by atoms with van der Waals surface area (Å²) in [5.41, 5.74) is 0. The van der Waals surface area contributed by atoms with Crippen LogP contribution in [0.15, 0.2) is 70.5 Å². The van der Waals surface area contributed by atoms with E-state index in [1.807, 2.05) is 27.7 Å². The molecule has 1 radical (unpaired) electrons. The van der Waals surface area contributed by atoms with Gasteiger partial charge in [0.15, 0.2) is 0 Å². The standard InChI is InChI=1S/C20H28O2S.2C2H6.BO/c1-20(2,3)23(22-17-11-16-21-4,18-12-7-5-8-13-18)19-14-9-6-10-15-19;3*1-2/h5-10,12-15H,11,16-17H2,1-4H3;2*1-2H3;. The first-order valence-corrected chi connectivity index (χ1v) is 11.9. The number of rotatable bonds is 7. The van der Waals surface area contributed by atoms with Crippen molar-refractivity contribution in [3.63, 3.8) is 0 Å². The van der Waals surface area contributed by atoms with Crippen molar-refractivity contribution in [2.24, 2.45) is 0 Å². The second-order valence-corrected chi connectivity index (χ2v) is 9.98. The van der Waals surface area contributed by atoms with Crippen LogP contribution in [0.4, 0.5) is 0 Å². The van der Waals surface area contributed by atoms with Gasteiger partial charge in [0.2, 0.25) is 0 Å². The summed E-state index contributed by atoms with van der Waals surface area (Å²) in [6.45, 7) is 16.3. The number of hydrogen-bond donors (Lipinski definition) is 0. The van der Waals surface area contributed by atoms with Gasteiger partial charge in [0.05, 0.1) is 6.61 Å². The Morgan fingerprint density at radius 1 is 0.759 bits per heavy atom. The number of hydrogen-bond acceptors (Lipinski definition) is 3. The van der Waals surface area contributed by atoms with Crippen LogP contribution in [0.2, 0.25) is 0 Å². The number of methoxy groups -OCH3 is 1. The van der Waals surface area contributed by atoms with E-state index < -0.39 is 10.3 Å².